The van der Waals surface area contributed by atoms with Crippen molar-refractivity contribution in [3.63, 3.8) is 0 Å². The van der Waals surface area contributed by atoms with Crippen molar-refractivity contribution in [1.29, 1.82) is 0 Å². The van der Waals surface area contributed by atoms with Crippen LogP contribution in [0, 0.1) is 5.92 Å². The zero-order valence-corrected chi connectivity index (χ0v) is 11.2. The Labute approximate surface area is 109 Å². The topological polar surface area (TPSA) is 41.5 Å². The van der Waals surface area contributed by atoms with Crippen LogP contribution in [-0.4, -0.2) is 30.9 Å². The molecule has 2 rings (SSSR count). The molecule has 0 aliphatic heterocycles. The van der Waals surface area contributed by atoms with Crippen molar-refractivity contribution < 1.29 is 9.84 Å². The van der Waals surface area contributed by atoms with Crippen LogP contribution in [-0.2, 0) is 6.42 Å². The Morgan fingerprint density at radius 1 is 1.39 bits per heavy atom. The summed E-state index contributed by atoms with van der Waals surface area (Å²) in [6.07, 6.45) is 2.82. The van der Waals surface area contributed by atoms with Gasteiger partial charge in [-0.2, -0.15) is 0 Å². The zero-order chi connectivity index (χ0) is 13.0. The number of hydrogen-bond acceptors (Lipinski definition) is 3. The van der Waals surface area contributed by atoms with Crippen LogP contribution in [0.5, 0.6) is 5.75 Å². The smallest absolute Gasteiger partial charge is 0.122 e. The Morgan fingerprint density at radius 2 is 2.11 bits per heavy atom. The molecule has 18 heavy (non-hydrogen) atoms. The summed E-state index contributed by atoms with van der Waals surface area (Å²) in [5.74, 6) is 1.62. The van der Waals surface area contributed by atoms with Gasteiger partial charge in [0.2, 0.25) is 0 Å². The monoisotopic (exact) mass is 249 g/mol. The van der Waals surface area contributed by atoms with Crippen molar-refractivity contribution in [3.8, 4) is 5.75 Å². The maximum Gasteiger partial charge on any atom is 0.122 e. The predicted octanol–water partition coefficient (Wildman–Crippen LogP) is 1.99. The molecule has 1 atom stereocenters. The number of nitrogens with one attached hydrogen (secondary N) is 1. The lowest BCUT2D eigenvalue weighted by Gasteiger charge is -2.32. The first kappa shape index (κ1) is 13.4. The normalized spacial score (nSPS) is 24.4. The third-order valence-corrected chi connectivity index (χ3v) is 3.68. The van der Waals surface area contributed by atoms with Gasteiger partial charge in [0.25, 0.3) is 0 Å². The minimum absolute atomic E-state index is 0.0543. The van der Waals surface area contributed by atoms with Crippen LogP contribution in [0.1, 0.15) is 25.3 Å². The van der Waals surface area contributed by atoms with Gasteiger partial charge in [-0.05, 0) is 50.3 Å². The largest absolute Gasteiger partial charge is 0.496 e. The molecule has 0 bridgehead atoms. The summed E-state index contributed by atoms with van der Waals surface area (Å²) in [5.41, 5.74) is 1.24. The van der Waals surface area contributed by atoms with Gasteiger partial charge in [-0.15, -0.1) is 0 Å². The van der Waals surface area contributed by atoms with Crippen molar-refractivity contribution in [2.45, 2.75) is 38.3 Å². The molecule has 1 aliphatic carbocycles. The average molecular weight is 249 g/mol. The van der Waals surface area contributed by atoms with E-state index in [2.05, 4.69) is 18.3 Å². The predicted molar refractivity (Wildman–Crippen MR) is 72.9 cm³/mol. The number of aliphatic hydroxyl groups is 1. The molecule has 0 saturated heterocycles. The first-order valence-corrected chi connectivity index (χ1v) is 6.72. The highest BCUT2D eigenvalue weighted by atomic mass is 16.5. The van der Waals surface area contributed by atoms with Gasteiger partial charge in [-0.1, -0.05) is 18.2 Å². The summed E-state index contributed by atoms with van der Waals surface area (Å²) >= 11 is 0. The minimum Gasteiger partial charge on any atom is -0.496 e. The van der Waals surface area contributed by atoms with E-state index in [1.165, 1.54) is 5.56 Å². The van der Waals surface area contributed by atoms with Crippen LogP contribution in [0.25, 0.3) is 0 Å². The van der Waals surface area contributed by atoms with Crippen LogP contribution in [0.3, 0.4) is 0 Å². The molecule has 0 heterocycles. The number of aliphatic hydroxyl groups excluding tert-OH is 1. The number of hydrogen-bond donors (Lipinski definition) is 2. The first-order chi connectivity index (χ1) is 8.69. The van der Waals surface area contributed by atoms with Gasteiger partial charge >= 0.3 is 0 Å². The van der Waals surface area contributed by atoms with E-state index in [0.29, 0.717) is 12.0 Å². The van der Waals surface area contributed by atoms with Crippen LogP contribution in [0.2, 0.25) is 0 Å². The highest BCUT2D eigenvalue weighted by Gasteiger charge is 2.26. The third-order valence-electron chi connectivity index (χ3n) is 3.68. The molecule has 0 radical (unpaired) electrons. The maximum absolute atomic E-state index is 9.24. The standard InChI is InChI=1S/C15H23NO2/c1-11(16-10-12-8-14(17)9-12)7-13-5-3-4-6-15(13)18-2/h3-6,11-12,14,16-17H,7-10H2,1-2H3. The minimum atomic E-state index is -0.0543. The molecule has 0 amide bonds. The maximum atomic E-state index is 9.24. The van der Waals surface area contributed by atoms with Gasteiger partial charge < -0.3 is 15.2 Å². The van der Waals surface area contributed by atoms with Gasteiger partial charge in [-0.25, -0.2) is 0 Å². The second-order valence-corrected chi connectivity index (χ2v) is 5.32. The molecule has 1 aromatic rings. The molecule has 3 heteroatoms. The van der Waals surface area contributed by atoms with E-state index < -0.39 is 0 Å². The molecule has 1 unspecified atom stereocenters. The van der Waals surface area contributed by atoms with Crippen molar-refractivity contribution in [1.82, 2.24) is 5.32 Å². The van der Waals surface area contributed by atoms with E-state index in [1.54, 1.807) is 7.11 Å². The molecular formula is C15H23NO2. The van der Waals surface area contributed by atoms with Crippen molar-refractivity contribution in [2.75, 3.05) is 13.7 Å². The highest BCUT2D eigenvalue weighted by molar-refractivity contribution is 5.33. The van der Waals surface area contributed by atoms with Crippen molar-refractivity contribution in [3.05, 3.63) is 29.8 Å². The van der Waals surface area contributed by atoms with E-state index in [0.717, 1.165) is 31.6 Å². The molecule has 0 spiro atoms. The molecule has 1 aliphatic rings. The molecule has 1 saturated carbocycles. The number of benzene rings is 1. The summed E-state index contributed by atoms with van der Waals surface area (Å²) < 4.78 is 5.36. The fraction of sp³-hybridized carbons (Fsp3) is 0.600. The zero-order valence-electron chi connectivity index (χ0n) is 11.2. The van der Waals surface area contributed by atoms with Gasteiger partial charge in [-0.3, -0.25) is 0 Å². The molecule has 3 nitrogen and oxygen atoms in total. The van der Waals surface area contributed by atoms with Crippen LogP contribution >= 0.6 is 0 Å². The number of methoxy groups -OCH3 is 1. The second kappa shape index (κ2) is 6.21. The van der Waals surface area contributed by atoms with E-state index in [4.69, 9.17) is 4.74 Å². The van der Waals surface area contributed by atoms with E-state index in [-0.39, 0.29) is 6.10 Å². The fourth-order valence-corrected chi connectivity index (χ4v) is 2.51. The van der Waals surface area contributed by atoms with Crippen LogP contribution < -0.4 is 10.1 Å². The molecule has 0 aromatic heterocycles. The number of ether oxygens (including phenoxy) is 1. The van der Waals surface area contributed by atoms with E-state index in [9.17, 15) is 5.11 Å². The Morgan fingerprint density at radius 3 is 2.78 bits per heavy atom. The Bertz CT molecular complexity index is 375. The molecular weight excluding hydrogens is 226 g/mol. The SMILES string of the molecule is COc1ccccc1CC(C)NCC1CC(O)C1. The van der Waals surface area contributed by atoms with Gasteiger partial charge in [0.1, 0.15) is 5.75 Å². The molecule has 100 valence electrons. The fourth-order valence-electron chi connectivity index (χ4n) is 2.51. The Balaban J connectivity index is 1.77. The van der Waals surface area contributed by atoms with Crippen molar-refractivity contribution in [2.24, 2.45) is 5.92 Å². The summed E-state index contributed by atoms with van der Waals surface area (Å²) in [5, 5.41) is 12.8. The van der Waals surface area contributed by atoms with E-state index in [1.807, 2.05) is 18.2 Å². The lowest BCUT2D eigenvalue weighted by molar-refractivity contribution is 0.0421. The van der Waals surface area contributed by atoms with Gasteiger partial charge in [0.15, 0.2) is 0 Å². The highest BCUT2D eigenvalue weighted by Crippen LogP contribution is 2.26. The summed E-state index contributed by atoms with van der Waals surface area (Å²) in [6, 6.07) is 8.59. The van der Waals surface area contributed by atoms with Crippen LogP contribution in [0.15, 0.2) is 24.3 Å². The summed E-state index contributed by atoms with van der Waals surface area (Å²) in [7, 11) is 1.71. The molecule has 2 N–H and O–H groups in total. The molecule has 1 aromatic carbocycles. The number of rotatable bonds is 6. The Hall–Kier alpha value is -1.06. The molecule has 1 fully saturated rings. The Kier molecular flexibility index (Phi) is 4.61. The second-order valence-electron chi connectivity index (χ2n) is 5.32. The van der Waals surface area contributed by atoms with Gasteiger partial charge in [0.05, 0.1) is 13.2 Å². The summed E-state index contributed by atoms with van der Waals surface area (Å²) in [6.45, 7) is 3.20. The summed E-state index contributed by atoms with van der Waals surface area (Å²) in [4.78, 5) is 0. The quantitative estimate of drug-likeness (QED) is 0.810. The van der Waals surface area contributed by atoms with E-state index >= 15 is 0 Å². The van der Waals surface area contributed by atoms with Gasteiger partial charge in [0, 0.05) is 6.04 Å². The first-order valence-electron chi connectivity index (χ1n) is 6.72. The lowest BCUT2D eigenvalue weighted by atomic mass is 9.82. The lowest BCUT2D eigenvalue weighted by Crippen LogP contribution is -2.39. The average Bonchev–Trinajstić information content (AvgIpc) is 2.34. The van der Waals surface area contributed by atoms with Crippen molar-refractivity contribution >= 4 is 0 Å². The van der Waals surface area contributed by atoms with Crippen LogP contribution in [0.4, 0.5) is 0 Å². The third kappa shape index (κ3) is 3.47. The number of para-hydroxylation sites is 1.